The summed E-state index contributed by atoms with van der Waals surface area (Å²) in [6.45, 7) is 4.30. The normalized spacial score (nSPS) is 25.8. The number of rotatable bonds is 5. The van der Waals surface area contributed by atoms with Crippen LogP contribution in [-0.4, -0.2) is 17.8 Å². The predicted octanol–water partition coefficient (Wildman–Crippen LogP) is 3.34. The lowest BCUT2D eigenvalue weighted by atomic mass is 9.85. The molecule has 1 N–H and O–H groups in total. The van der Waals surface area contributed by atoms with Crippen molar-refractivity contribution >= 4 is 17.5 Å². The van der Waals surface area contributed by atoms with Crippen LogP contribution < -0.4 is 5.32 Å². The van der Waals surface area contributed by atoms with Crippen LogP contribution in [0.4, 0.5) is 0 Å². The first kappa shape index (κ1) is 13.8. The summed E-state index contributed by atoms with van der Waals surface area (Å²) in [4.78, 5) is 11.7. The maximum atomic E-state index is 11.7. The number of hydrogen-bond acceptors (Lipinski definition) is 1. The Bertz CT molecular complexity index is 218. The van der Waals surface area contributed by atoms with Gasteiger partial charge in [-0.15, -0.1) is 11.6 Å². The Morgan fingerprint density at radius 2 is 2.06 bits per heavy atom. The lowest BCUT2D eigenvalue weighted by Gasteiger charge is -2.30. The van der Waals surface area contributed by atoms with Crippen LogP contribution in [0.15, 0.2) is 0 Å². The first-order valence-electron chi connectivity index (χ1n) is 6.48. The standard InChI is InChI=1S/C13H24ClNO/c1-10(2)7-8-13(16)15-12-6-4-3-5-11(12)9-14/h10-12H,3-9H2,1-2H3,(H,15,16). The fraction of sp³-hybridized carbons (Fsp3) is 0.923. The van der Waals surface area contributed by atoms with Crippen molar-refractivity contribution in [2.24, 2.45) is 11.8 Å². The number of carbonyl (C=O) groups is 1. The number of hydrogen-bond donors (Lipinski definition) is 1. The van der Waals surface area contributed by atoms with E-state index in [-0.39, 0.29) is 5.91 Å². The number of halogens is 1. The van der Waals surface area contributed by atoms with Crippen LogP contribution in [0.1, 0.15) is 52.4 Å². The Morgan fingerprint density at radius 3 is 2.69 bits per heavy atom. The third-order valence-electron chi connectivity index (χ3n) is 3.40. The second-order valence-corrected chi connectivity index (χ2v) is 5.61. The summed E-state index contributed by atoms with van der Waals surface area (Å²) in [7, 11) is 0. The van der Waals surface area contributed by atoms with E-state index in [1.807, 2.05) is 0 Å². The molecule has 0 saturated heterocycles. The molecule has 2 nitrogen and oxygen atoms in total. The molecule has 0 aliphatic heterocycles. The van der Waals surface area contributed by atoms with E-state index in [1.54, 1.807) is 0 Å². The molecule has 1 fully saturated rings. The molecule has 0 spiro atoms. The van der Waals surface area contributed by atoms with Crippen LogP contribution in [0.2, 0.25) is 0 Å². The zero-order valence-corrected chi connectivity index (χ0v) is 11.2. The minimum atomic E-state index is 0.204. The minimum absolute atomic E-state index is 0.204. The van der Waals surface area contributed by atoms with Gasteiger partial charge in [-0.05, 0) is 31.1 Å². The van der Waals surface area contributed by atoms with Crippen molar-refractivity contribution in [2.45, 2.75) is 58.4 Å². The predicted molar refractivity (Wildman–Crippen MR) is 68.7 cm³/mol. The molecule has 1 rings (SSSR count). The molecular formula is C13H24ClNO. The lowest BCUT2D eigenvalue weighted by molar-refractivity contribution is -0.122. The first-order valence-corrected chi connectivity index (χ1v) is 7.02. The minimum Gasteiger partial charge on any atom is -0.353 e. The number of nitrogens with one attached hydrogen (secondary N) is 1. The van der Waals surface area contributed by atoms with Gasteiger partial charge in [0, 0.05) is 18.3 Å². The Hall–Kier alpha value is -0.240. The SMILES string of the molecule is CC(C)CCC(=O)NC1CCCCC1CCl. The molecule has 2 atom stereocenters. The highest BCUT2D eigenvalue weighted by atomic mass is 35.5. The van der Waals surface area contributed by atoms with Crippen molar-refractivity contribution in [3.63, 3.8) is 0 Å². The molecule has 0 aromatic rings. The summed E-state index contributed by atoms with van der Waals surface area (Å²) >= 11 is 5.93. The molecule has 3 heteroatoms. The molecule has 0 radical (unpaired) electrons. The molecule has 1 aliphatic rings. The van der Waals surface area contributed by atoms with Gasteiger partial charge in [-0.25, -0.2) is 0 Å². The van der Waals surface area contributed by atoms with Gasteiger partial charge in [0.2, 0.25) is 5.91 Å². The topological polar surface area (TPSA) is 29.1 Å². The summed E-state index contributed by atoms with van der Waals surface area (Å²) in [5, 5.41) is 3.15. The van der Waals surface area contributed by atoms with Crippen LogP contribution in [-0.2, 0) is 4.79 Å². The Kier molecular flexibility index (Phi) is 6.18. The van der Waals surface area contributed by atoms with E-state index in [0.29, 0.717) is 30.2 Å². The lowest BCUT2D eigenvalue weighted by Crippen LogP contribution is -2.42. The largest absolute Gasteiger partial charge is 0.353 e. The van der Waals surface area contributed by atoms with Gasteiger partial charge in [0.15, 0.2) is 0 Å². The molecule has 1 aliphatic carbocycles. The second kappa shape index (κ2) is 7.16. The third kappa shape index (κ3) is 4.73. The monoisotopic (exact) mass is 245 g/mol. The van der Waals surface area contributed by atoms with Crippen LogP contribution in [0.5, 0.6) is 0 Å². The Balaban J connectivity index is 2.30. The fourth-order valence-corrected chi connectivity index (χ4v) is 2.65. The van der Waals surface area contributed by atoms with Crippen molar-refractivity contribution in [1.29, 1.82) is 0 Å². The number of amides is 1. The van der Waals surface area contributed by atoms with E-state index in [4.69, 9.17) is 11.6 Å². The van der Waals surface area contributed by atoms with Crippen molar-refractivity contribution in [3.8, 4) is 0 Å². The molecule has 16 heavy (non-hydrogen) atoms. The van der Waals surface area contributed by atoms with Crippen molar-refractivity contribution in [1.82, 2.24) is 5.32 Å². The maximum Gasteiger partial charge on any atom is 0.220 e. The molecule has 0 aromatic carbocycles. The van der Waals surface area contributed by atoms with Crippen LogP contribution in [0, 0.1) is 11.8 Å². The second-order valence-electron chi connectivity index (χ2n) is 5.31. The molecule has 1 saturated carbocycles. The van der Waals surface area contributed by atoms with E-state index in [0.717, 1.165) is 12.8 Å². The summed E-state index contributed by atoms with van der Waals surface area (Å²) in [6.07, 6.45) is 6.38. The summed E-state index contributed by atoms with van der Waals surface area (Å²) in [6, 6.07) is 0.325. The van der Waals surface area contributed by atoms with Crippen LogP contribution >= 0.6 is 11.6 Å². The van der Waals surface area contributed by atoms with E-state index in [2.05, 4.69) is 19.2 Å². The highest BCUT2D eigenvalue weighted by Gasteiger charge is 2.25. The maximum absolute atomic E-state index is 11.7. The molecule has 0 bridgehead atoms. The van der Waals surface area contributed by atoms with Crippen molar-refractivity contribution in [3.05, 3.63) is 0 Å². The molecular weight excluding hydrogens is 222 g/mol. The van der Waals surface area contributed by atoms with Gasteiger partial charge in [-0.1, -0.05) is 26.7 Å². The van der Waals surface area contributed by atoms with Gasteiger partial charge >= 0.3 is 0 Å². The first-order chi connectivity index (χ1) is 7.63. The van der Waals surface area contributed by atoms with Crippen LogP contribution in [0.25, 0.3) is 0 Å². The molecule has 2 unspecified atom stereocenters. The van der Waals surface area contributed by atoms with E-state index in [1.165, 1.54) is 19.3 Å². The Morgan fingerprint density at radius 1 is 1.38 bits per heavy atom. The van der Waals surface area contributed by atoms with Gasteiger partial charge in [-0.2, -0.15) is 0 Å². The summed E-state index contributed by atoms with van der Waals surface area (Å²) in [5.74, 6) is 1.96. The van der Waals surface area contributed by atoms with Crippen molar-refractivity contribution in [2.75, 3.05) is 5.88 Å². The molecule has 94 valence electrons. The number of carbonyl (C=O) groups excluding carboxylic acids is 1. The zero-order valence-electron chi connectivity index (χ0n) is 10.5. The van der Waals surface area contributed by atoms with E-state index < -0.39 is 0 Å². The Labute approximate surface area is 104 Å². The smallest absolute Gasteiger partial charge is 0.220 e. The average molecular weight is 246 g/mol. The van der Waals surface area contributed by atoms with Gasteiger partial charge in [0.05, 0.1) is 0 Å². The van der Waals surface area contributed by atoms with Crippen molar-refractivity contribution < 1.29 is 4.79 Å². The van der Waals surface area contributed by atoms with E-state index >= 15 is 0 Å². The number of alkyl halides is 1. The van der Waals surface area contributed by atoms with Gasteiger partial charge in [0.25, 0.3) is 0 Å². The molecule has 0 heterocycles. The van der Waals surface area contributed by atoms with Gasteiger partial charge in [-0.3, -0.25) is 4.79 Å². The summed E-state index contributed by atoms with van der Waals surface area (Å²) < 4.78 is 0. The third-order valence-corrected chi connectivity index (χ3v) is 3.80. The van der Waals surface area contributed by atoms with E-state index in [9.17, 15) is 4.79 Å². The van der Waals surface area contributed by atoms with Gasteiger partial charge in [0.1, 0.15) is 0 Å². The highest BCUT2D eigenvalue weighted by molar-refractivity contribution is 6.18. The zero-order chi connectivity index (χ0) is 12.0. The van der Waals surface area contributed by atoms with Gasteiger partial charge < -0.3 is 5.32 Å². The fourth-order valence-electron chi connectivity index (χ4n) is 2.28. The molecule has 0 aromatic heterocycles. The van der Waals surface area contributed by atoms with Crippen LogP contribution in [0.3, 0.4) is 0 Å². The summed E-state index contributed by atoms with van der Waals surface area (Å²) in [5.41, 5.74) is 0. The quantitative estimate of drug-likeness (QED) is 0.740. The molecule has 1 amide bonds. The highest BCUT2D eigenvalue weighted by Crippen LogP contribution is 2.25. The average Bonchev–Trinajstić information content (AvgIpc) is 2.27.